The molecule has 2 rings (SSSR count). The molecule has 0 heterocycles. The second kappa shape index (κ2) is 7.16. The van der Waals surface area contributed by atoms with Crippen LogP contribution in [0.15, 0.2) is 46.2 Å². The van der Waals surface area contributed by atoms with Crippen LogP contribution in [-0.4, -0.2) is 6.54 Å². The predicted molar refractivity (Wildman–Crippen MR) is 88.9 cm³/mol. The SMILES string of the molecule is CCNCc1cc(Cl)ccc1Sc1ccc(C)c(C)c1. The molecule has 106 valence electrons. The van der Waals surface area contributed by atoms with Gasteiger partial charge in [0.05, 0.1) is 0 Å². The van der Waals surface area contributed by atoms with Crippen molar-refractivity contribution in [3.05, 3.63) is 58.1 Å². The molecule has 0 fully saturated rings. The van der Waals surface area contributed by atoms with Gasteiger partial charge in [0.1, 0.15) is 0 Å². The zero-order valence-electron chi connectivity index (χ0n) is 12.2. The highest BCUT2D eigenvalue weighted by Gasteiger charge is 2.06. The normalized spacial score (nSPS) is 10.8. The number of halogens is 1. The molecule has 0 saturated heterocycles. The van der Waals surface area contributed by atoms with Crippen molar-refractivity contribution in [2.75, 3.05) is 6.54 Å². The summed E-state index contributed by atoms with van der Waals surface area (Å²) in [6.45, 7) is 8.22. The van der Waals surface area contributed by atoms with E-state index < -0.39 is 0 Å². The molecule has 2 aromatic rings. The maximum Gasteiger partial charge on any atom is 0.0410 e. The van der Waals surface area contributed by atoms with E-state index >= 15 is 0 Å². The van der Waals surface area contributed by atoms with Crippen LogP contribution in [0.2, 0.25) is 5.02 Å². The predicted octanol–water partition coefficient (Wildman–Crippen LogP) is 5.22. The van der Waals surface area contributed by atoms with Crippen molar-refractivity contribution in [1.29, 1.82) is 0 Å². The van der Waals surface area contributed by atoms with E-state index in [4.69, 9.17) is 11.6 Å². The van der Waals surface area contributed by atoms with Gasteiger partial charge in [-0.15, -0.1) is 0 Å². The van der Waals surface area contributed by atoms with Gasteiger partial charge in [-0.2, -0.15) is 0 Å². The van der Waals surface area contributed by atoms with Gasteiger partial charge in [-0.05, 0) is 67.4 Å². The van der Waals surface area contributed by atoms with E-state index in [0.717, 1.165) is 18.1 Å². The van der Waals surface area contributed by atoms with Crippen molar-refractivity contribution < 1.29 is 0 Å². The fourth-order valence-corrected chi connectivity index (χ4v) is 3.17. The summed E-state index contributed by atoms with van der Waals surface area (Å²) in [6, 6.07) is 12.7. The van der Waals surface area contributed by atoms with Crippen LogP contribution in [0, 0.1) is 13.8 Å². The van der Waals surface area contributed by atoms with Gasteiger partial charge in [-0.25, -0.2) is 0 Å². The van der Waals surface area contributed by atoms with Gasteiger partial charge in [0.2, 0.25) is 0 Å². The lowest BCUT2D eigenvalue weighted by Crippen LogP contribution is -2.12. The molecule has 0 unspecified atom stereocenters. The Hall–Kier alpha value is -0.960. The molecule has 1 nitrogen and oxygen atoms in total. The minimum atomic E-state index is 0.794. The number of nitrogens with one attached hydrogen (secondary N) is 1. The van der Waals surface area contributed by atoms with Crippen molar-refractivity contribution in [3.8, 4) is 0 Å². The molecule has 2 aromatic carbocycles. The summed E-state index contributed by atoms with van der Waals surface area (Å²) in [6.07, 6.45) is 0. The summed E-state index contributed by atoms with van der Waals surface area (Å²) < 4.78 is 0. The molecular weight excluding hydrogens is 286 g/mol. The molecule has 0 atom stereocenters. The fourth-order valence-electron chi connectivity index (χ4n) is 1.95. The summed E-state index contributed by atoms with van der Waals surface area (Å²) in [5.41, 5.74) is 3.91. The molecule has 0 amide bonds. The van der Waals surface area contributed by atoms with Gasteiger partial charge in [-0.1, -0.05) is 36.4 Å². The maximum absolute atomic E-state index is 6.11. The number of rotatable bonds is 5. The first-order chi connectivity index (χ1) is 9.60. The standard InChI is InChI=1S/C17H20ClNS/c1-4-19-11-14-10-15(18)6-8-17(14)20-16-7-5-12(2)13(3)9-16/h5-10,19H,4,11H2,1-3H3. The molecule has 1 N–H and O–H groups in total. The molecule has 20 heavy (non-hydrogen) atoms. The Morgan fingerprint density at radius 1 is 1.05 bits per heavy atom. The second-order valence-electron chi connectivity index (χ2n) is 4.88. The van der Waals surface area contributed by atoms with E-state index in [1.165, 1.54) is 26.5 Å². The lowest BCUT2D eigenvalue weighted by molar-refractivity contribution is 0.718. The quantitative estimate of drug-likeness (QED) is 0.813. The summed E-state index contributed by atoms with van der Waals surface area (Å²) in [7, 11) is 0. The largest absolute Gasteiger partial charge is 0.313 e. The van der Waals surface area contributed by atoms with Crippen LogP contribution in [0.1, 0.15) is 23.6 Å². The average Bonchev–Trinajstić information content (AvgIpc) is 2.43. The Morgan fingerprint density at radius 3 is 2.55 bits per heavy atom. The highest BCUT2D eigenvalue weighted by Crippen LogP contribution is 2.33. The van der Waals surface area contributed by atoms with E-state index in [2.05, 4.69) is 50.4 Å². The summed E-state index contributed by atoms with van der Waals surface area (Å²) >= 11 is 7.91. The molecule has 0 aliphatic carbocycles. The van der Waals surface area contributed by atoms with Crippen molar-refractivity contribution in [2.45, 2.75) is 37.1 Å². The molecule has 3 heteroatoms. The number of aryl methyl sites for hydroxylation is 2. The topological polar surface area (TPSA) is 12.0 Å². The first-order valence-electron chi connectivity index (χ1n) is 6.84. The summed E-state index contributed by atoms with van der Waals surface area (Å²) in [4.78, 5) is 2.53. The third kappa shape index (κ3) is 4.02. The van der Waals surface area contributed by atoms with E-state index in [1.807, 2.05) is 12.1 Å². The molecule has 0 radical (unpaired) electrons. The van der Waals surface area contributed by atoms with E-state index in [0.29, 0.717) is 0 Å². The van der Waals surface area contributed by atoms with Crippen molar-refractivity contribution in [2.24, 2.45) is 0 Å². The van der Waals surface area contributed by atoms with Crippen LogP contribution in [0.3, 0.4) is 0 Å². The number of hydrogen-bond acceptors (Lipinski definition) is 2. The first-order valence-corrected chi connectivity index (χ1v) is 8.04. The van der Waals surface area contributed by atoms with Crippen LogP contribution in [0.5, 0.6) is 0 Å². The van der Waals surface area contributed by atoms with Crippen molar-refractivity contribution in [3.63, 3.8) is 0 Å². The van der Waals surface area contributed by atoms with Gasteiger partial charge in [0.25, 0.3) is 0 Å². The van der Waals surface area contributed by atoms with Gasteiger partial charge in [0.15, 0.2) is 0 Å². The van der Waals surface area contributed by atoms with Crippen molar-refractivity contribution in [1.82, 2.24) is 5.32 Å². The third-order valence-electron chi connectivity index (χ3n) is 3.29. The minimum Gasteiger partial charge on any atom is -0.313 e. The zero-order valence-corrected chi connectivity index (χ0v) is 13.7. The molecular formula is C17H20ClNS. The first kappa shape index (κ1) is 15.4. The molecule has 0 aliphatic heterocycles. The number of hydrogen-bond donors (Lipinski definition) is 1. The Kier molecular flexibility index (Phi) is 5.53. The van der Waals surface area contributed by atoms with E-state index in [-0.39, 0.29) is 0 Å². The monoisotopic (exact) mass is 305 g/mol. The van der Waals surface area contributed by atoms with Gasteiger partial charge in [0, 0.05) is 21.4 Å². The van der Waals surface area contributed by atoms with Crippen LogP contribution >= 0.6 is 23.4 Å². The molecule has 0 saturated carbocycles. The van der Waals surface area contributed by atoms with E-state index in [1.54, 1.807) is 11.8 Å². The van der Waals surface area contributed by atoms with Crippen LogP contribution in [0.25, 0.3) is 0 Å². The third-order valence-corrected chi connectivity index (χ3v) is 4.64. The summed E-state index contributed by atoms with van der Waals surface area (Å²) in [5.74, 6) is 0. The molecule has 0 spiro atoms. The number of benzene rings is 2. The Balaban J connectivity index is 2.25. The van der Waals surface area contributed by atoms with Crippen LogP contribution in [0.4, 0.5) is 0 Å². The Bertz CT molecular complexity index is 596. The Labute approximate surface area is 130 Å². The minimum absolute atomic E-state index is 0.794. The lowest BCUT2D eigenvalue weighted by Gasteiger charge is -2.11. The Morgan fingerprint density at radius 2 is 1.85 bits per heavy atom. The maximum atomic E-state index is 6.11. The molecule has 0 bridgehead atoms. The smallest absolute Gasteiger partial charge is 0.0410 e. The average molecular weight is 306 g/mol. The highest BCUT2D eigenvalue weighted by atomic mass is 35.5. The second-order valence-corrected chi connectivity index (χ2v) is 6.43. The molecule has 0 aromatic heterocycles. The fraction of sp³-hybridized carbons (Fsp3) is 0.294. The van der Waals surface area contributed by atoms with Crippen molar-refractivity contribution >= 4 is 23.4 Å². The summed E-state index contributed by atoms with van der Waals surface area (Å²) in [5, 5.41) is 4.16. The van der Waals surface area contributed by atoms with E-state index in [9.17, 15) is 0 Å². The van der Waals surface area contributed by atoms with Crippen LogP contribution in [-0.2, 0) is 6.54 Å². The lowest BCUT2D eigenvalue weighted by atomic mass is 10.1. The molecule has 0 aliphatic rings. The zero-order chi connectivity index (χ0) is 14.5. The van der Waals surface area contributed by atoms with Gasteiger partial charge < -0.3 is 5.32 Å². The van der Waals surface area contributed by atoms with Gasteiger partial charge >= 0.3 is 0 Å². The van der Waals surface area contributed by atoms with Gasteiger partial charge in [-0.3, -0.25) is 0 Å². The highest BCUT2D eigenvalue weighted by molar-refractivity contribution is 7.99. The van der Waals surface area contributed by atoms with Crippen LogP contribution < -0.4 is 5.32 Å².